The van der Waals surface area contributed by atoms with E-state index in [2.05, 4.69) is 15.3 Å². The number of carbonyl (C=O) groups excluding carboxylic acids is 1. The molecule has 136 valence electrons. The fourth-order valence-electron chi connectivity index (χ4n) is 2.91. The molecule has 0 unspecified atom stereocenters. The molecule has 0 bridgehead atoms. The van der Waals surface area contributed by atoms with Crippen LogP contribution >= 0.6 is 11.6 Å². The number of aryl methyl sites for hydroxylation is 1. The lowest BCUT2D eigenvalue weighted by Crippen LogP contribution is -2.11. The Hall–Kier alpha value is -3.32. The molecule has 0 aliphatic rings. The van der Waals surface area contributed by atoms with Crippen LogP contribution in [0.15, 0.2) is 53.3 Å². The lowest BCUT2D eigenvalue weighted by molar-refractivity contribution is 0.0996. The molecular formula is C19H16ClN5O2. The SMILES string of the molecule is CCn1c(-c2cc(NC(=O)c3ccco3)ccc2Cl)nc2cc(N)cnc21. The Morgan fingerprint density at radius 1 is 1.33 bits per heavy atom. The summed E-state index contributed by atoms with van der Waals surface area (Å²) in [5.41, 5.74) is 9.05. The van der Waals surface area contributed by atoms with Gasteiger partial charge in [0, 0.05) is 17.8 Å². The van der Waals surface area contributed by atoms with Crippen LogP contribution in [0.4, 0.5) is 11.4 Å². The van der Waals surface area contributed by atoms with Crippen molar-refractivity contribution in [3.8, 4) is 11.4 Å². The number of amides is 1. The second kappa shape index (κ2) is 6.77. The Bertz CT molecular complexity index is 1130. The minimum atomic E-state index is -0.341. The van der Waals surface area contributed by atoms with Crippen molar-refractivity contribution in [3.05, 3.63) is 59.6 Å². The molecule has 1 amide bonds. The Labute approximate surface area is 159 Å². The summed E-state index contributed by atoms with van der Waals surface area (Å²) in [5, 5.41) is 3.32. The van der Waals surface area contributed by atoms with Gasteiger partial charge in [0.05, 0.1) is 23.2 Å². The molecule has 0 saturated heterocycles. The number of rotatable bonds is 4. The van der Waals surface area contributed by atoms with Gasteiger partial charge in [-0.05, 0) is 43.3 Å². The topological polar surface area (TPSA) is 99.0 Å². The summed E-state index contributed by atoms with van der Waals surface area (Å²) in [4.78, 5) is 21.3. The van der Waals surface area contributed by atoms with Gasteiger partial charge in [-0.15, -0.1) is 0 Å². The zero-order valence-electron chi connectivity index (χ0n) is 14.4. The number of halogens is 1. The predicted octanol–water partition coefficient (Wildman–Crippen LogP) is 4.20. The molecule has 4 rings (SSSR count). The van der Waals surface area contributed by atoms with E-state index in [4.69, 9.17) is 21.8 Å². The molecule has 8 heteroatoms. The van der Waals surface area contributed by atoms with Gasteiger partial charge in [-0.2, -0.15) is 0 Å². The van der Waals surface area contributed by atoms with Crippen molar-refractivity contribution < 1.29 is 9.21 Å². The van der Waals surface area contributed by atoms with Gasteiger partial charge in [0.15, 0.2) is 11.4 Å². The second-order valence-corrected chi connectivity index (χ2v) is 6.32. The number of nitrogen functional groups attached to an aromatic ring is 1. The predicted molar refractivity (Wildman–Crippen MR) is 105 cm³/mol. The molecule has 0 aliphatic carbocycles. The van der Waals surface area contributed by atoms with Gasteiger partial charge < -0.3 is 20.0 Å². The Morgan fingerprint density at radius 3 is 2.93 bits per heavy atom. The third-order valence-corrected chi connectivity index (χ3v) is 4.46. The molecule has 0 spiro atoms. The van der Waals surface area contributed by atoms with Crippen LogP contribution in [0, 0.1) is 0 Å². The van der Waals surface area contributed by atoms with Crippen LogP contribution in [0.5, 0.6) is 0 Å². The minimum absolute atomic E-state index is 0.229. The molecule has 27 heavy (non-hydrogen) atoms. The Balaban J connectivity index is 1.78. The second-order valence-electron chi connectivity index (χ2n) is 5.92. The summed E-state index contributed by atoms with van der Waals surface area (Å²) < 4.78 is 7.07. The Kier molecular flexibility index (Phi) is 4.29. The van der Waals surface area contributed by atoms with E-state index >= 15 is 0 Å². The van der Waals surface area contributed by atoms with E-state index in [-0.39, 0.29) is 11.7 Å². The van der Waals surface area contributed by atoms with Gasteiger partial charge >= 0.3 is 0 Å². The van der Waals surface area contributed by atoms with Crippen molar-refractivity contribution in [2.75, 3.05) is 11.1 Å². The summed E-state index contributed by atoms with van der Waals surface area (Å²) in [5.74, 6) is 0.545. The maximum Gasteiger partial charge on any atom is 0.291 e. The first-order chi connectivity index (χ1) is 13.1. The van der Waals surface area contributed by atoms with Crippen LogP contribution in [-0.4, -0.2) is 20.4 Å². The zero-order valence-corrected chi connectivity index (χ0v) is 15.2. The lowest BCUT2D eigenvalue weighted by atomic mass is 10.1. The molecule has 0 fully saturated rings. The molecule has 3 heterocycles. The van der Waals surface area contributed by atoms with Gasteiger partial charge in [-0.3, -0.25) is 4.79 Å². The van der Waals surface area contributed by atoms with Gasteiger partial charge in [0.2, 0.25) is 0 Å². The average molecular weight is 382 g/mol. The van der Waals surface area contributed by atoms with Gasteiger partial charge in [-0.25, -0.2) is 9.97 Å². The highest BCUT2D eigenvalue weighted by Gasteiger charge is 2.17. The van der Waals surface area contributed by atoms with Crippen LogP contribution in [0.3, 0.4) is 0 Å². The normalized spacial score (nSPS) is 11.0. The molecule has 3 aromatic heterocycles. The molecule has 7 nitrogen and oxygen atoms in total. The number of benzene rings is 1. The summed E-state index contributed by atoms with van der Waals surface area (Å²) in [6.07, 6.45) is 3.05. The minimum Gasteiger partial charge on any atom is -0.459 e. The maximum absolute atomic E-state index is 12.2. The number of nitrogens with two attached hydrogens (primary N) is 1. The first-order valence-electron chi connectivity index (χ1n) is 8.33. The van der Waals surface area contributed by atoms with E-state index in [0.717, 1.165) is 5.65 Å². The first kappa shape index (κ1) is 17.1. The highest BCUT2D eigenvalue weighted by molar-refractivity contribution is 6.33. The quantitative estimate of drug-likeness (QED) is 0.552. The van der Waals surface area contributed by atoms with Crippen molar-refractivity contribution in [3.63, 3.8) is 0 Å². The van der Waals surface area contributed by atoms with Crippen LogP contribution in [0.2, 0.25) is 5.02 Å². The third-order valence-electron chi connectivity index (χ3n) is 4.13. The summed E-state index contributed by atoms with van der Waals surface area (Å²) in [7, 11) is 0. The van der Waals surface area contributed by atoms with Crippen LogP contribution < -0.4 is 11.1 Å². The summed E-state index contributed by atoms with van der Waals surface area (Å²) >= 11 is 6.42. The van der Waals surface area contributed by atoms with E-state index in [9.17, 15) is 4.79 Å². The van der Waals surface area contributed by atoms with Crippen LogP contribution in [0.25, 0.3) is 22.6 Å². The highest BCUT2D eigenvalue weighted by Crippen LogP contribution is 2.32. The average Bonchev–Trinajstić information content (AvgIpc) is 3.30. The number of hydrogen-bond donors (Lipinski definition) is 2. The van der Waals surface area contributed by atoms with E-state index in [1.807, 2.05) is 11.5 Å². The standard InChI is InChI=1S/C19H16ClN5O2/c1-2-25-17(24-15-8-11(21)10-22-18(15)25)13-9-12(5-6-14(13)20)23-19(26)16-4-3-7-27-16/h3-10H,2,21H2,1H3,(H,23,26). The summed E-state index contributed by atoms with van der Waals surface area (Å²) in [6, 6.07) is 10.2. The van der Waals surface area contributed by atoms with E-state index in [1.165, 1.54) is 6.26 Å². The molecule has 1 aromatic carbocycles. The monoisotopic (exact) mass is 381 g/mol. The van der Waals surface area contributed by atoms with Crippen molar-refractivity contribution >= 4 is 40.0 Å². The maximum atomic E-state index is 12.2. The van der Waals surface area contributed by atoms with Crippen LogP contribution in [-0.2, 0) is 6.54 Å². The van der Waals surface area contributed by atoms with Crippen molar-refractivity contribution in [1.29, 1.82) is 0 Å². The lowest BCUT2D eigenvalue weighted by Gasteiger charge is -2.10. The van der Waals surface area contributed by atoms with Crippen LogP contribution in [0.1, 0.15) is 17.5 Å². The number of anilines is 2. The molecule has 0 saturated carbocycles. The number of furan rings is 1. The van der Waals surface area contributed by atoms with Gasteiger partial charge in [0.1, 0.15) is 11.3 Å². The van der Waals surface area contributed by atoms with Crippen molar-refractivity contribution in [1.82, 2.24) is 14.5 Å². The number of imidazole rings is 1. The van der Waals surface area contributed by atoms with Gasteiger partial charge in [0.25, 0.3) is 5.91 Å². The number of pyridine rings is 1. The van der Waals surface area contributed by atoms with E-state index < -0.39 is 0 Å². The molecule has 0 aliphatic heterocycles. The smallest absolute Gasteiger partial charge is 0.291 e. The Morgan fingerprint density at radius 2 is 2.19 bits per heavy atom. The molecular weight excluding hydrogens is 366 g/mol. The molecule has 0 radical (unpaired) electrons. The third kappa shape index (κ3) is 3.13. The van der Waals surface area contributed by atoms with E-state index in [1.54, 1.807) is 42.6 Å². The number of carbonyl (C=O) groups is 1. The fraction of sp³-hybridized carbons (Fsp3) is 0.105. The van der Waals surface area contributed by atoms with Gasteiger partial charge in [-0.1, -0.05) is 11.6 Å². The van der Waals surface area contributed by atoms with Crippen molar-refractivity contribution in [2.45, 2.75) is 13.5 Å². The number of fused-ring (bicyclic) bond motifs is 1. The summed E-state index contributed by atoms with van der Waals surface area (Å²) in [6.45, 7) is 2.65. The molecule has 3 N–H and O–H groups in total. The number of aromatic nitrogens is 3. The van der Waals surface area contributed by atoms with E-state index in [0.29, 0.717) is 39.8 Å². The van der Waals surface area contributed by atoms with Crippen molar-refractivity contribution in [2.24, 2.45) is 0 Å². The fourth-order valence-corrected chi connectivity index (χ4v) is 3.11. The molecule has 0 atom stereocenters. The number of hydrogen-bond acceptors (Lipinski definition) is 5. The first-order valence-corrected chi connectivity index (χ1v) is 8.71. The molecule has 4 aromatic rings. The highest BCUT2D eigenvalue weighted by atomic mass is 35.5. The number of nitrogens with zero attached hydrogens (tertiary/aromatic N) is 3. The largest absolute Gasteiger partial charge is 0.459 e. The zero-order chi connectivity index (χ0) is 19.0. The number of nitrogens with one attached hydrogen (secondary N) is 1.